The van der Waals surface area contributed by atoms with Crippen molar-refractivity contribution in [3.05, 3.63) is 68.7 Å². The van der Waals surface area contributed by atoms with Gasteiger partial charge in [-0.3, -0.25) is 14.9 Å². The number of hydrogen-bond acceptors (Lipinski definition) is 8. The molecule has 0 radical (unpaired) electrons. The molecule has 0 fully saturated rings. The Morgan fingerprint density at radius 3 is 2.71 bits per heavy atom. The fraction of sp³-hybridized carbons (Fsp3) is 0.190. The van der Waals surface area contributed by atoms with E-state index in [1.54, 1.807) is 6.92 Å². The number of thiazole rings is 1. The van der Waals surface area contributed by atoms with E-state index in [1.165, 1.54) is 36.8 Å². The third-order valence-electron chi connectivity index (χ3n) is 4.17. The minimum absolute atomic E-state index is 0.0442. The minimum atomic E-state index is -0.562. The van der Waals surface area contributed by atoms with E-state index < -0.39 is 10.8 Å². The molecule has 9 nitrogen and oxygen atoms in total. The topological polar surface area (TPSA) is 116 Å². The first-order chi connectivity index (χ1) is 14.9. The molecule has 10 heteroatoms. The van der Waals surface area contributed by atoms with Gasteiger partial charge in [0.2, 0.25) is 5.75 Å². The molecule has 1 heterocycles. The molecule has 0 aliphatic heterocycles. The van der Waals surface area contributed by atoms with Crippen LogP contribution in [0.25, 0.3) is 10.6 Å². The third kappa shape index (κ3) is 5.04. The van der Waals surface area contributed by atoms with Crippen LogP contribution in [-0.2, 0) is 0 Å². The van der Waals surface area contributed by atoms with Crippen LogP contribution >= 0.6 is 11.3 Å². The Kier molecular flexibility index (Phi) is 6.93. The van der Waals surface area contributed by atoms with Crippen LogP contribution in [0.4, 0.5) is 5.69 Å². The molecule has 1 aromatic heterocycles. The minimum Gasteiger partial charge on any atom is -0.493 e. The molecule has 3 aromatic rings. The zero-order valence-electron chi connectivity index (χ0n) is 17.1. The molecule has 31 heavy (non-hydrogen) atoms. The highest BCUT2D eigenvalue weighted by Crippen LogP contribution is 2.38. The van der Waals surface area contributed by atoms with Crippen molar-refractivity contribution < 1.29 is 19.2 Å². The van der Waals surface area contributed by atoms with E-state index in [1.807, 2.05) is 37.3 Å². The first kappa shape index (κ1) is 21.9. The Morgan fingerprint density at radius 2 is 2.06 bits per heavy atom. The van der Waals surface area contributed by atoms with Crippen LogP contribution in [0.3, 0.4) is 0 Å². The number of rotatable bonds is 8. The number of hydrazone groups is 1. The maximum Gasteiger partial charge on any atom is 0.315 e. The predicted octanol–water partition coefficient (Wildman–Crippen LogP) is 4.20. The second kappa shape index (κ2) is 9.81. The average molecular weight is 440 g/mol. The number of nitrogens with one attached hydrogen (secondary N) is 1. The van der Waals surface area contributed by atoms with E-state index >= 15 is 0 Å². The Morgan fingerprint density at radius 1 is 1.32 bits per heavy atom. The average Bonchev–Trinajstić information content (AvgIpc) is 3.16. The SMILES string of the molecule is CCOc1c(OC)cc(/C=N\NC(=O)c2nc(-c3ccccc3)sc2C)cc1[N+](=O)[O-]. The van der Waals surface area contributed by atoms with Gasteiger partial charge in [-0.1, -0.05) is 30.3 Å². The van der Waals surface area contributed by atoms with E-state index in [4.69, 9.17) is 9.47 Å². The Bertz CT molecular complexity index is 1130. The highest BCUT2D eigenvalue weighted by atomic mass is 32.1. The molecule has 3 rings (SSSR count). The van der Waals surface area contributed by atoms with Crippen molar-refractivity contribution in [3.63, 3.8) is 0 Å². The van der Waals surface area contributed by atoms with Gasteiger partial charge in [0.1, 0.15) is 10.7 Å². The summed E-state index contributed by atoms with van der Waals surface area (Å²) in [6.45, 7) is 3.78. The molecular weight excluding hydrogens is 420 g/mol. The molecule has 0 atom stereocenters. The van der Waals surface area contributed by atoms with Crippen molar-refractivity contribution >= 4 is 29.1 Å². The van der Waals surface area contributed by atoms with Crippen molar-refractivity contribution in [2.24, 2.45) is 5.10 Å². The monoisotopic (exact) mass is 440 g/mol. The van der Waals surface area contributed by atoms with Crippen LogP contribution in [0.5, 0.6) is 11.5 Å². The lowest BCUT2D eigenvalue weighted by Crippen LogP contribution is -2.19. The molecule has 0 aliphatic carbocycles. The van der Waals surface area contributed by atoms with Crippen molar-refractivity contribution in [1.82, 2.24) is 10.4 Å². The van der Waals surface area contributed by atoms with Gasteiger partial charge in [-0.2, -0.15) is 5.10 Å². The molecule has 0 saturated carbocycles. The molecule has 0 saturated heterocycles. The molecule has 0 unspecified atom stereocenters. The lowest BCUT2D eigenvalue weighted by Gasteiger charge is -2.10. The lowest BCUT2D eigenvalue weighted by molar-refractivity contribution is -0.385. The van der Waals surface area contributed by atoms with E-state index in [-0.39, 0.29) is 29.5 Å². The molecule has 0 spiro atoms. The van der Waals surface area contributed by atoms with Gasteiger partial charge in [0.25, 0.3) is 5.91 Å². The van der Waals surface area contributed by atoms with E-state index in [0.29, 0.717) is 5.56 Å². The van der Waals surface area contributed by atoms with Gasteiger partial charge in [0, 0.05) is 22.1 Å². The number of nitrogens with zero attached hydrogens (tertiary/aromatic N) is 3. The van der Waals surface area contributed by atoms with Gasteiger partial charge in [-0.05, 0) is 19.9 Å². The number of benzene rings is 2. The van der Waals surface area contributed by atoms with E-state index in [0.717, 1.165) is 15.4 Å². The van der Waals surface area contributed by atoms with Gasteiger partial charge in [-0.25, -0.2) is 10.4 Å². The highest BCUT2D eigenvalue weighted by molar-refractivity contribution is 7.15. The Hall–Kier alpha value is -3.79. The normalized spacial score (nSPS) is 10.8. The summed E-state index contributed by atoms with van der Waals surface area (Å²) in [6.07, 6.45) is 1.29. The number of carbonyl (C=O) groups is 1. The summed E-state index contributed by atoms with van der Waals surface area (Å²) in [4.78, 5) is 28.5. The van der Waals surface area contributed by atoms with Gasteiger partial charge < -0.3 is 9.47 Å². The summed E-state index contributed by atoms with van der Waals surface area (Å²) in [5.41, 5.74) is 3.72. The zero-order valence-corrected chi connectivity index (χ0v) is 17.9. The maximum atomic E-state index is 12.5. The number of nitro groups is 1. The van der Waals surface area contributed by atoms with E-state index in [2.05, 4.69) is 15.5 Å². The van der Waals surface area contributed by atoms with Crippen molar-refractivity contribution in [3.8, 4) is 22.1 Å². The summed E-state index contributed by atoms with van der Waals surface area (Å²) >= 11 is 1.41. The van der Waals surface area contributed by atoms with Crippen LogP contribution in [0.2, 0.25) is 0 Å². The van der Waals surface area contributed by atoms with Crippen molar-refractivity contribution in [2.45, 2.75) is 13.8 Å². The summed E-state index contributed by atoms with van der Waals surface area (Å²) in [6, 6.07) is 12.4. The van der Waals surface area contributed by atoms with Gasteiger partial charge >= 0.3 is 5.69 Å². The molecule has 2 aromatic carbocycles. The Labute approximate surface area is 182 Å². The first-order valence-corrected chi connectivity index (χ1v) is 10.1. The van der Waals surface area contributed by atoms with Crippen LogP contribution in [0, 0.1) is 17.0 Å². The van der Waals surface area contributed by atoms with Crippen molar-refractivity contribution in [1.29, 1.82) is 0 Å². The van der Waals surface area contributed by atoms with Crippen LogP contribution in [0.1, 0.15) is 27.9 Å². The number of methoxy groups -OCH3 is 1. The summed E-state index contributed by atoms with van der Waals surface area (Å²) in [5, 5.41) is 16.0. The lowest BCUT2D eigenvalue weighted by atomic mass is 10.2. The Balaban J connectivity index is 1.79. The molecule has 0 aliphatic rings. The third-order valence-corrected chi connectivity index (χ3v) is 5.19. The number of carbonyl (C=O) groups excluding carboxylic acids is 1. The first-order valence-electron chi connectivity index (χ1n) is 9.30. The fourth-order valence-corrected chi connectivity index (χ4v) is 3.71. The fourth-order valence-electron chi connectivity index (χ4n) is 2.79. The molecule has 1 N–H and O–H groups in total. The predicted molar refractivity (Wildman–Crippen MR) is 118 cm³/mol. The molecule has 1 amide bonds. The summed E-state index contributed by atoms with van der Waals surface area (Å²) < 4.78 is 10.5. The number of ether oxygens (including phenoxy) is 2. The number of amides is 1. The molecular formula is C21H20N4O5S. The second-order valence-electron chi connectivity index (χ2n) is 6.25. The quantitative estimate of drug-likeness (QED) is 0.319. The number of aromatic nitrogens is 1. The van der Waals surface area contributed by atoms with Crippen LogP contribution in [-0.4, -0.2) is 35.7 Å². The summed E-state index contributed by atoms with van der Waals surface area (Å²) in [5.74, 6) is -0.228. The smallest absolute Gasteiger partial charge is 0.315 e. The van der Waals surface area contributed by atoms with Gasteiger partial charge in [0.15, 0.2) is 5.75 Å². The van der Waals surface area contributed by atoms with Crippen molar-refractivity contribution in [2.75, 3.05) is 13.7 Å². The van der Waals surface area contributed by atoms with Crippen LogP contribution < -0.4 is 14.9 Å². The zero-order chi connectivity index (χ0) is 22.4. The van der Waals surface area contributed by atoms with Gasteiger partial charge in [0.05, 0.1) is 24.9 Å². The number of nitro benzene ring substituents is 1. The van der Waals surface area contributed by atoms with Crippen LogP contribution in [0.15, 0.2) is 47.6 Å². The number of aryl methyl sites for hydroxylation is 1. The number of hydrogen-bond donors (Lipinski definition) is 1. The molecule has 0 bridgehead atoms. The highest BCUT2D eigenvalue weighted by Gasteiger charge is 2.22. The van der Waals surface area contributed by atoms with E-state index in [9.17, 15) is 14.9 Å². The molecule has 160 valence electrons. The largest absolute Gasteiger partial charge is 0.493 e. The van der Waals surface area contributed by atoms with Gasteiger partial charge in [-0.15, -0.1) is 11.3 Å². The second-order valence-corrected chi connectivity index (χ2v) is 7.45. The summed E-state index contributed by atoms with van der Waals surface area (Å²) in [7, 11) is 1.39. The maximum absolute atomic E-state index is 12.5. The standard InChI is InChI=1S/C21H20N4O5S/c1-4-30-19-16(25(27)28)10-14(11-17(19)29-3)12-22-24-20(26)18-13(2)31-21(23-18)15-8-6-5-7-9-15/h5-12H,4H2,1-3H3,(H,24,26)/b22-12-.